The van der Waals surface area contributed by atoms with Crippen LogP contribution in [0.15, 0.2) is 48.5 Å². The standard InChI is InChI=1S/C20H24ClNO4S/c1-25-19-8-3-2-7-18(19)20(9-11-26-12-10-20)15-22-27(23,24)14-16-5-4-6-17(21)13-16/h2-8,13,22H,9-12,14-15H2,1H3. The van der Waals surface area contributed by atoms with Crippen LogP contribution in [0.4, 0.5) is 0 Å². The lowest BCUT2D eigenvalue weighted by Crippen LogP contribution is -2.45. The minimum absolute atomic E-state index is 0.105. The average molecular weight is 410 g/mol. The van der Waals surface area contributed by atoms with Crippen molar-refractivity contribution < 1.29 is 17.9 Å². The second kappa shape index (κ2) is 8.61. The number of nitrogens with one attached hydrogen (secondary N) is 1. The van der Waals surface area contributed by atoms with Gasteiger partial charge in [-0.15, -0.1) is 0 Å². The molecule has 0 aliphatic carbocycles. The first kappa shape index (κ1) is 20.1. The third-order valence-corrected chi connectivity index (χ3v) is 6.54. The van der Waals surface area contributed by atoms with E-state index in [0.717, 1.165) is 24.2 Å². The summed E-state index contributed by atoms with van der Waals surface area (Å²) in [5.74, 6) is 0.667. The second-order valence-corrected chi connectivity index (χ2v) is 9.05. The Morgan fingerprint density at radius 3 is 2.59 bits per heavy atom. The van der Waals surface area contributed by atoms with Gasteiger partial charge < -0.3 is 9.47 Å². The molecule has 0 unspecified atom stereocenters. The van der Waals surface area contributed by atoms with E-state index in [2.05, 4.69) is 4.72 Å². The summed E-state index contributed by atoms with van der Waals surface area (Å²) in [6.07, 6.45) is 1.46. The number of para-hydroxylation sites is 1. The summed E-state index contributed by atoms with van der Waals surface area (Å²) in [6.45, 7) is 1.49. The lowest BCUT2D eigenvalue weighted by molar-refractivity contribution is 0.0509. The number of halogens is 1. The predicted molar refractivity (Wildman–Crippen MR) is 107 cm³/mol. The molecule has 1 fully saturated rings. The van der Waals surface area contributed by atoms with Gasteiger partial charge >= 0.3 is 0 Å². The van der Waals surface area contributed by atoms with E-state index in [1.165, 1.54) is 0 Å². The van der Waals surface area contributed by atoms with Crippen LogP contribution in [0.1, 0.15) is 24.0 Å². The first-order valence-corrected chi connectivity index (χ1v) is 10.9. The number of benzene rings is 2. The normalized spacial score (nSPS) is 16.8. The molecular weight excluding hydrogens is 386 g/mol. The molecule has 1 aliphatic rings. The van der Waals surface area contributed by atoms with Crippen LogP contribution in [0, 0.1) is 0 Å². The van der Waals surface area contributed by atoms with Gasteiger partial charge in [0.1, 0.15) is 5.75 Å². The van der Waals surface area contributed by atoms with Crippen LogP contribution in [-0.2, 0) is 25.9 Å². The zero-order chi connectivity index (χ0) is 19.3. The fourth-order valence-electron chi connectivity index (χ4n) is 3.53. The molecule has 2 aromatic rings. The van der Waals surface area contributed by atoms with E-state index in [9.17, 15) is 8.42 Å². The molecule has 3 rings (SSSR count). The van der Waals surface area contributed by atoms with Crippen LogP contribution in [0.25, 0.3) is 0 Å². The number of ether oxygens (including phenoxy) is 2. The van der Waals surface area contributed by atoms with E-state index < -0.39 is 10.0 Å². The molecule has 7 heteroatoms. The van der Waals surface area contributed by atoms with E-state index in [0.29, 0.717) is 30.3 Å². The largest absolute Gasteiger partial charge is 0.496 e. The van der Waals surface area contributed by atoms with Gasteiger partial charge in [0, 0.05) is 35.8 Å². The van der Waals surface area contributed by atoms with Gasteiger partial charge in [-0.05, 0) is 36.6 Å². The minimum Gasteiger partial charge on any atom is -0.496 e. The van der Waals surface area contributed by atoms with Gasteiger partial charge in [0.25, 0.3) is 0 Å². The molecular formula is C20H24ClNO4S. The van der Waals surface area contributed by atoms with Crippen molar-refractivity contribution in [2.75, 3.05) is 26.9 Å². The number of methoxy groups -OCH3 is 1. The third-order valence-electron chi connectivity index (χ3n) is 5.00. The molecule has 0 amide bonds. The minimum atomic E-state index is -3.51. The zero-order valence-corrected chi connectivity index (χ0v) is 16.9. The molecule has 0 aromatic heterocycles. The van der Waals surface area contributed by atoms with E-state index >= 15 is 0 Å². The fraction of sp³-hybridized carbons (Fsp3) is 0.400. The molecule has 1 heterocycles. The van der Waals surface area contributed by atoms with Crippen molar-refractivity contribution in [3.8, 4) is 5.75 Å². The van der Waals surface area contributed by atoms with Crippen molar-refractivity contribution in [2.45, 2.75) is 24.0 Å². The fourth-order valence-corrected chi connectivity index (χ4v) is 4.96. The van der Waals surface area contributed by atoms with Crippen LogP contribution in [0.2, 0.25) is 5.02 Å². The summed E-state index contributed by atoms with van der Waals surface area (Å²) in [7, 11) is -1.87. The molecule has 146 valence electrons. The second-order valence-electron chi connectivity index (χ2n) is 6.80. The SMILES string of the molecule is COc1ccccc1C1(CNS(=O)(=O)Cc2cccc(Cl)c2)CCOCC1. The smallest absolute Gasteiger partial charge is 0.215 e. The van der Waals surface area contributed by atoms with Crippen LogP contribution in [0.3, 0.4) is 0 Å². The van der Waals surface area contributed by atoms with Gasteiger partial charge in [-0.1, -0.05) is 41.9 Å². The highest BCUT2D eigenvalue weighted by Crippen LogP contribution is 2.39. The summed E-state index contributed by atoms with van der Waals surface area (Å²) < 4.78 is 39.2. The van der Waals surface area contributed by atoms with Gasteiger partial charge in [0.15, 0.2) is 0 Å². The Morgan fingerprint density at radius 2 is 1.89 bits per heavy atom. The first-order valence-electron chi connectivity index (χ1n) is 8.87. The highest BCUT2D eigenvalue weighted by molar-refractivity contribution is 7.88. The highest BCUT2D eigenvalue weighted by Gasteiger charge is 2.37. The monoisotopic (exact) mass is 409 g/mol. The van der Waals surface area contributed by atoms with E-state index in [1.54, 1.807) is 31.4 Å². The highest BCUT2D eigenvalue weighted by atomic mass is 35.5. The van der Waals surface area contributed by atoms with Gasteiger partial charge in [-0.3, -0.25) is 0 Å². The molecule has 1 saturated heterocycles. The topological polar surface area (TPSA) is 64.6 Å². The Labute approximate surface area is 165 Å². The van der Waals surface area contributed by atoms with Crippen LogP contribution < -0.4 is 9.46 Å². The molecule has 0 spiro atoms. The van der Waals surface area contributed by atoms with Gasteiger partial charge in [0.05, 0.1) is 12.9 Å². The Hall–Kier alpha value is -1.60. The first-order chi connectivity index (χ1) is 12.9. The summed E-state index contributed by atoms with van der Waals surface area (Å²) in [4.78, 5) is 0. The molecule has 27 heavy (non-hydrogen) atoms. The molecule has 0 saturated carbocycles. The summed E-state index contributed by atoms with van der Waals surface area (Å²) in [6, 6.07) is 14.7. The maximum atomic E-state index is 12.7. The number of hydrogen-bond acceptors (Lipinski definition) is 4. The lowest BCUT2D eigenvalue weighted by atomic mass is 9.74. The molecule has 0 atom stereocenters. The van der Waals surface area contributed by atoms with Gasteiger partial charge in [0.2, 0.25) is 10.0 Å². The van der Waals surface area contributed by atoms with E-state index in [1.807, 2.05) is 24.3 Å². The van der Waals surface area contributed by atoms with E-state index in [-0.39, 0.29) is 11.2 Å². The van der Waals surface area contributed by atoms with Crippen LogP contribution >= 0.6 is 11.6 Å². The lowest BCUT2D eigenvalue weighted by Gasteiger charge is -2.38. The summed E-state index contributed by atoms with van der Waals surface area (Å²) in [5.41, 5.74) is 1.32. The summed E-state index contributed by atoms with van der Waals surface area (Å²) >= 11 is 5.97. The number of sulfonamides is 1. The third kappa shape index (κ3) is 5.02. The maximum absolute atomic E-state index is 12.7. The Morgan fingerprint density at radius 1 is 1.15 bits per heavy atom. The molecule has 5 nitrogen and oxygen atoms in total. The van der Waals surface area contributed by atoms with Crippen LogP contribution in [-0.4, -0.2) is 35.3 Å². The van der Waals surface area contributed by atoms with Crippen molar-refractivity contribution in [2.24, 2.45) is 0 Å². The molecule has 2 aromatic carbocycles. The van der Waals surface area contributed by atoms with Crippen molar-refractivity contribution in [1.29, 1.82) is 0 Å². The van der Waals surface area contributed by atoms with Crippen molar-refractivity contribution >= 4 is 21.6 Å². The molecule has 1 N–H and O–H groups in total. The summed E-state index contributed by atoms with van der Waals surface area (Å²) in [5, 5.41) is 0.526. The number of rotatable bonds is 7. The van der Waals surface area contributed by atoms with Crippen molar-refractivity contribution in [3.05, 3.63) is 64.7 Å². The number of hydrogen-bond donors (Lipinski definition) is 1. The van der Waals surface area contributed by atoms with Crippen molar-refractivity contribution in [3.63, 3.8) is 0 Å². The molecule has 0 bridgehead atoms. The van der Waals surface area contributed by atoms with E-state index in [4.69, 9.17) is 21.1 Å². The quantitative estimate of drug-likeness (QED) is 0.759. The average Bonchev–Trinajstić information content (AvgIpc) is 2.67. The zero-order valence-electron chi connectivity index (χ0n) is 15.3. The molecule has 0 radical (unpaired) electrons. The van der Waals surface area contributed by atoms with Crippen molar-refractivity contribution in [1.82, 2.24) is 4.72 Å². The molecule has 1 aliphatic heterocycles. The predicted octanol–water partition coefficient (Wildman–Crippen LogP) is 3.52. The Kier molecular flexibility index (Phi) is 6.42. The van der Waals surface area contributed by atoms with Gasteiger partial charge in [-0.2, -0.15) is 0 Å². The van der Waals surface area contributed by atoms with Gasteiger partial charge in [-0.25, -0.2) is 13.1 Å². The Bertz CT molecular complexity index is 879. The maximum Gasteiger partial charge on any atom is 0.215 e. The van der Waals surface area contributed by atoms with Crippen LogP contribution in [0.5, 0.6) is 5.75 Å². The Balaban J connectivity index is 1.81.